The first-order valence-corrected chi connectivity index (χ1v) is 13.4. The maximum Gasteiger partial charge on any atom is 0.102 e. The lowest BCUT2D eigenvalue weighted by Crippen LogP contribution is -2.51. The second kappa shape index (κ2) is 9.00. The van der Waals surface area contributed by atoms with E-state index in [-0.39, 0.29) is 11.7 Å². The van der Waals surface area contributed by atoms with Crippen molar-refractivity contribution in [3.8, 4) is 6.07 Å². The summed E-state index contributed by atoms with van der Waals surface area (Å²) in [5.74, 6) is 5.35. The molecule has 0 radical (unpaired) electrons. The Balaban J connectivity index is 1.25. The van der Waals surface area contributed by atoms with Gasteiger partial charge in [-0.25, -0.2) is 0 Å². The normalized spacial score (nSPS) is 43.2. The molecule has 5 rings (SSSR count). The molecule has 4 aliphatic carbocycles. The largest absolute Gasteiger partial charge is 0.380 e. The Hall–Kier alpha value is -1.38. The zero-order chi connectivity index (χ0) is 23.2. The van der Waals surface area contributed by atoms with Crippen molar-refractivity contribution in [2.45, 2.75) is 96.3 Å². The van der Waals surface area contributed by atoms with Gasteiger partial charge in [-0.1, -0.05) is 6.92 Å². The number of nitrogens with zero attached hydrogens (tertiary/aromatic N) is 3. The number of fused-ring (bicyclic) bond motifs is 5. The highest BCUT2D eigenvalue weighted by Gasteiger charge is 2.57. The minimum atomic E-state index is 0.118. The van der Waals surface area contributed by atoms with Crippen LogP contribution in [0.4, 0.5) is 0 Å². The Kier molecular flexibility index (Phi) is 6.38. The highest BCUT2D eigenvalue weighted by Crippen LogP contribution is 2.65. The van der Waals surface area contributed by atoms with Crippen LogP contribution in [0.25, 0.3) is 0 Å². The summed E-state index contributed by atoms with van der Waals surface area (Å²) in [5, 5.41) is 13.5. The minimum Gasteiger partial charge on any atom is -0.380 e. The van der Waals surface area contributed by atoms with Crippen molar-refractivity contribution in [1.82, 2.24) is 9.78 Å². The molecule has 1 aromatic rings. The van der Waals surface area contributed by atoms with Gasteiger partial charge in [0.1, 0.15) is 6.07 Å². The molecular formula is C28H43N3O2. The Labute approximate surface area is 200 Å². The smallest absolute Gasteiger partial charge is 0.102 e. The summed E-state index contributed by atoms with van der Waals surface area (Å²) < 4.78 is 13.7. The Morgan fingerprint density at radius 3 is 2.64 bits per heavy atom. The van der Waals surface area contributed by atoms with E-state index in [4.69, 9.17) is 14.7 Å². The van der Waals surface area contributed by atoms with Gasteiger partial charge in [-0.15, -0.1) is 0 Å². The van der Waals surface area contributed by atoms with Crippen LogP contribution in [0, 0.1) is 52.3 Å². The SMILES string of the molecule is CO[C@@H](C[C@H]1CC[C@H]2[C@@H]3CC[C@@H]4C[C@](C)(OC)CC[C@@H]4[C@H]3CC[C@]12C)Cn1cc(C#N)cn1. The van der Waals surface area contributed by atoms with Crippen LogP contribution in [-0.4, -0.2) is 35.7 Å². The molecule has 4 aliphatic rings. The number of hydrogen-bond donors (Lipinski definition) is 0. The lowest BCUT2D eigenvalue weighted by atomic mass is 9.49. The van der Waals surface area contributed by atoms with E-state index in [1.54, 1.807) is 6.20 Å². The maximum absolute atomic E-state index is 9.10. The van der Waals surface area contributed by atoms with Crippen LogP contribution in [0.1, 0.15) is 83.6 Å². The topological polar surface area (TPSA) is 60.1 Å². The van der Waals surface area contributed by atoms with Gasteiger partial charge in [0.15, 0.2) is 0 Å². The molecule has 5 nitrogen and oxygen atoms in total. The molecule has 4 fully saturated rings. The molecule has 1 heterocycles. The second-order valence-electron chi connectivity index (χ2n) is 12.3. The Morgan fingerprint density at radius 1 is 1.09 bits per heavy atom. The zero-order valence-corrected chi connectivity index (χ0v) is 21.1. The van der Waals surface area contributed by atoms with E-state index in [9.17, 15) is 0 Å². The van der Waals surface area contributed by atoms with E-state index >= 15 is 0 Å². The average Bonchev–Trinajstić information content (AvgIpc) is 3.42. The van der Waals surface area contributed by atoms with Crippen LogP contribution < -0.4 is 0 Å². The number of rotatable bonds is 6. The van der Waals surface area contributed by atoms with Gasteiger partial charge in [-0.2, -0.15) is 10.4 Å². The fourth-order valence-electron chi connectivity index (χ4n) is 9.04. The number of aromatic nitrogens is 2. The van der Waals surface area contributed by atoms with Crippen LogP contribution in [-0.2, 0) is 16.0 Å². The third-order valence-corrected chi connectivity index (χ3v) is 10.9. The first-order chi connectivity index (χ1) is 15.9. The summed E-state index contributed by atoms with van der Waals surface area (Å²) >= 11 is 0. The third-order valence-electron chi connectivity index (χ3n) is 10.9. The summed E-state index contributed by atoms with van der Waals surface area (Å²) in [6.07, 6.45) is 17.1. The Bertz CT molecular complexity index is 877. The molecule has 0 N–H and O–H groups in total. The van der Waals surface area contributed by atoms with E-state index in [2.05, 4.69) is 25.0 Å². The first kappa shape index (κ1) is 23.4. The fourth-order valence-corrected chi connectivity index (χ4v) is 9.04. The van der Waals surface area contributed by atoms with E-state index in [1.165, 1.54) is 57.8 Å². The molecule has 0 spiro atoms. The van der Waals surface area contributed by atoms with Crippen molar-refractivity contribution in [3.63, 3.8) is 0 Å². The predicted octanol–water partition coefficient (Wildman–Crippen LogP) is 5.83. The summed E-state index contributed by atoms with van der Waals surface area (Å²) in [7, 11) is 3.75. The molecule has 0 amide bonds. The predicted molar refractivity (Wildman–Crippen MR) is 128 cm³/mol. The molecule has 0 unspecified atom stereocenters. The van der Waals surface area contributed by atoms with Crippen molar-refractivity contribution in [3.05, 3.63) is 18.0 Å². The first-order valence-electron chi connectivity index (χ1n) is 13.4. The molecule has 182 valence electrons. The number of methoxy groups -OCH3 is 2. The zero-order valence-electron chi connectivity index (χ0n) is 21.1. The fraction of sp³-hybridized carbons (Fsp3) is 0.857. The van der Waals surface area contributed by atoms with E-state index in [0.717, 1.165) is 48.5 Å². The minimum absolute atomic E-state index is 0.118. The van der Waals surface area contributed by atoms with Gasteiger partial charge in [-0.05, 0) is 112 Å². The maximum atomic E-state index is 9.10. The molecule has 4 saturated carbocycles. The lowest BCUT2D eigenvalue weighted by molar-refractivity contribution is -0.113. The van der Waals surface area contributed by atoms with Crippen LogP contribution >= 0.6 is 0 Å². The molecule has 0 aromatic carbocycles. The van der Waals surface area contributed by atoms with Crippen molar-refractivity contribution in [2.75, 3.05) is 14.2 Å². The molecule has 1 aromatic heterocycles. The van der Waals surface area contributed by atoms with Gasteiger partial charge in [0.05, 0.1) is 30.0 Å². The monoisotopic (exact) mass is 453 g/mol. The van der Waals surface area contributed by atoms with E-state index < -0.39 is 0 Å². The Morgan fingerprint density at radius 2 is 1.91 bits per heavy atom. The van der Waals surface area contributed by atoms with Crippen molar-refractivity contribution < 1.29 is 9.47 Å². The second-order valence-corrected chi connectivity index (χ2v) is 12.3. The van der Waals surface area contributed by atoms with Gasteiger partial charge in [0.25, 0.3) is 0 Å². The lowest BCUT2D eigenvalue weighted by Gasteiger charge is -2.57. The molecule has 33 heavy (non-hydrogen) atoms. The van der Waals surface area contributed by atoms with Gasteiger partial charge in [0, 0.05) is 20.4 Å². The summed E-state index contributed by atoms with van der Waals surface area (Å²) in [6.45, 7) is 5.70. The number of hydrogen-bond acceptors (Lipinski definition) is 4. The van der Waals surface area contributed by atoms with Crippen LogP contribution in [0.3, 0.4) is 0 Å². The van der Waals surface area contributed by atoms with Gasteiger partial charge in [0.2, 0.25) is 0 Å². The van der Waals surface area contributed by atoms with Gasteiger partial charge in [-0.3, -0.25) is 4.68 Å². The average molecular weight is 454 g/mol. The molecule has 0 aliphatic heterocycles. The number of ether oxygens (including phenoxy) is 2. The molecule has 0 bridgehead atoms. The summed E-state index contributed by atoms with van der Waals surface area (Å²) in [4.78, 5) is 0. The standard InChI is InChI=1S/C28H43N3O2/c1-27(33-4)11-9-23-20(14-27)5-7-25-24(23)10-12-28(2)21(6-8-26(25)28)13-22(32-3)18-31-17-19(15-29)16-30-31/h16-17,20-26H,5-14,18H2,1-4H3/t20-,21-,22+,23+,24-,25-,26+,27-,28-/m1/s1. The quantitative estimate of drug-likeness (QED) is 0.543. The van der Waals surface area contributed by atoms with Crippen LogP contribution in [0.2, 0.25) is 0 Å². The molecule has 5 heteroatoms. The van der Waals surface area contributed by atoms with Crippen molar-refractivity contribution in [2.24, 2.45) is 40.9 Å². The summed E-state index contributed by atoms with van der Waals surface area (Å²) in [6, 6.07) is 2.18. The van der Waals surface area contributed by atoms with Crippen molar-refractivity contribution >= 4 is 0 Å². The molecule has 0 saturated heterocycles. The number of nitriles is 1. The summed E-state index contributed by atoms with van der Waals surface area (Å²) in [5.41, 5.74) is 1.20. The van der Waals surface area contributed by atoms with Gasteiger partial charge < -0.3 is 9.47 Å². The van der Waals surface area contributed by atoms with E-state index in [1.807, 2.05) is 25.1 Å². The van der Waals surface area contributed by atoms with E-state index in [0.29, 0.717) is 11.0 Å². The third kappa shape index (κ3) is 4.16. The highest BCUT2D eigenvalue weighted by atomic mass is 16.5. The molecule has 9 atom stereocenters. The van der Waals surface area contributed by atoms with Crippen molar-refractivity contribution in [1.29, 1.82) is 5.26 Å². The highest BCUT2D eigenvalue weighted by molar-refractivity contribution is 5.21. The molecular weight excluding hydrogens is 410 g/mol. The van der Waals surface area contributed by atoms with Gasteiger partial charge >= 0.3 is 0 Å². The van der Waals surface area contributed by atoms with Crippen LogP contribution in [0.15, 0.2) is 12.4 Å². The van der Waals surface area contributed by atoms with Crippen LogP contribution in [0.5, 0.6) is 0 Å².